The smallest absolute Gasteiger partial charge is 0.123 e. The standard InChI is InChI=1S/C12H17FN2O/c13-11-3-1-10(2-4-11)9-15-7-5-12(14,16)6-8-15/h1-4,16H,5-9,14H2. The van der Waals surface area contributed by atoms with Gasteiger partial charge in [-0.3, -0.25) is 4.90 Å². The monoisotopic (exact) mass is 224 g/mol. The van der Waals surface area contributed by atoms with Crippen molar-refractivity contribution in [1.82, 2.24) is 4.90 Å². The molecule has 0 aliphatic carbocycles. The van der Waals surface area contributed by atoms with Crippen LogP contribution in [0.2, 0.25) is 0 Å². The fourth-order valence-corrected chi connectivity index (χ4v) is 1.95. The minimum atomic E-state index is -1.00. The second-order valence-corrected chi connectivity index (χ2v) is 4.51. The van der Waals surface area contributed by atoms with Crippen LogP contribution in [0, 0.1) is 5.82 Å². The summed E-state index contributed by atoms with van der Waals surface area (Å²) in [6.45, 7) is 2.35. The fraction of sp³-hybridized carbons (Fsp3) is 0.500. The van der Waals surface area contributed by atoms with Gasteiger partial charge in [-0.1, -0.05) is 12.1 Å². The summed E-state index contributed by atoms with van der Waals surface area (Å²) in [6, 6.07) is 6.52. The molecule has 0 spiro atoms. The Morgan fingerprint density at radius 2 is 1.81 bits per heavy atom. The third kappa shape index (κ3) is 3.01. The Morgan fingerprint density at radius 1 is 1.25 bits per heavy atom. The summed E-state index contributed by atoms with van der Waals surface area (Å²) in [6.07, 6.45) is 1.18. The van der Waals surface area contributed by atoms with Crippen molar-refractivity contribution < 1.29 is 9.50 Å². The van der Waals surface area contributed by atoms with Crippen molar-refractivity contribution in [3.05, 3.63) is 35.6 Å². The van der Waals surface area contributed by atoms with Crippen LogP contribution in [-0.2, 0) is 6.54 Å². The van der Waals surface area contributed by atoms with E-state index in [0.717, 1.165) is 25.2 Å². The number of hydrogen-bond acceptors (Lipinski definition) is 3. The number of hydrogen-bond donors (Lipinski definition) is 2. The number of rotatable bonds is 2. The number of halogens is 1. The summed E-state index contributed by atoms with van der Waals surface area (Å²) in [5, 5.41) is 9.60. The largest absolute Gasteiger partial charge is 0.376 e. The Balaban J connectivity index is 1.89. The average Bonchev–Trinajstić information content (AvgIpc) is 2.24. The van der Waals surface area contributed by atoms with Gasteiger partial charge in [0.15, 0.2) is 0 Å². The minimum absolute atomic E-state index is 0.210. The minimum Gasteiger partial charge on any atom is -0.376 e. The predicted octanol–water partition coefficient (Wildman–Crippen LogP) is 1.07. The van der Waals surface area contributed by atoms with E-state index in [2.05, 4.69) is 4.90 Å². The van der Waals surface area contributed by atoms with Crippen LogP contribution in [0.15, 0.2) is 24.3 Å². The van der Waals surface area contributed by atoms with E-state index in [9.17, 15) is 9.50 Å². The Bertz CT molecular complexity index is 341. The number of aliphatic hydroxyl groups is 1. The van der Waals surface area contributed by atoms with Crippen molar-refractivity contribution in [2.24, 2.45) is 5.73 Å². The van der Waals surface area contributed by atoms with Crippen LogP contribution in [-0.4, -0.2) is 28.8 Å². The van der Waals surface area contributed by atoms with E-state index in [1.54, 1.807) is 12.1 Å². The molecular formula is C12H17FN2O. The number of likely N-dealkylation sites (tertiary alicyclic amines) is 1. The Kier molecular flexibility index (Phi) is 3.23. The van der Waals surface area contributed by atoms with Gasteiger partial charge in [0.05, 0.1) is 0 Å². The molecule has 3 N–H and O–H groups in total. The molecule has 0 radical (unpaired) electrons. The summed E-state index contributed by atoms with van der Waals surface area (Å²) in [7, 11) is 0. The normalized spacial score (nSPS) is 20.9. The fourth-order valence-electron chi connectivity index (χ4n) is 1.95. The van der Waals surface area contributed by atoms with Gasteiger partial charge < -0.3 is 10.8 Å². The molecule has 1 aromatic carbocycles. The molecule has 3 nitrogen and oxygen atoms in total. The summed E-state index contributed by atoms with van der Waals surface area (Å²) in [5.41, 5.74) is 5.72. The lowest BCUT2D eigenvalue weighted by molar-refractivity contribution is -0.0176. The number of benzene rings is 1. The summed E-state index contributed by atoms with van der Waals surface area (Å²) in [5.74, 6) is -0.210. The number of nitrogens with two attached hydrogens (primary N) is 1. The number of piperidine rings is 1. The summed E-state index contributed by atoms with van der Waals surface area (Å²) in [4.78, 5) is 2.22. The molecule has 0 aromatic heterocycles. The Hall–Kier alpha value is -0.970. The van der Waals surface area contributed by atoms with E-state index in [1.807, 2.05) is 0 Å². The maximum absolute atomic E-state index is 12.7. The zero-order chi connectivity index (χ0) is 11.6. The van der Waals surface area contributed by atoms with Crippen molar-refractivity contribution in [3.63, 3.8) is 0 Å². The lowest BCUT2D eigenvalue weighted by Gasteiger charge is -2.35. The van der Waals surface area contributed by atoms with Gasteiger partial charge in [0.25, 0.3) is 0 Å². The Labute approximate surface area is 94.7 Å². The molecule has 0 amide bonds. The summed E-state index contributed by atoms with van der Waals surface area (Å²) < 4.78 is 12.7. The third-order valence-corrected chi connectivity index (χ3v) is 3.04. The maximum atomic E-state index is 12.7. The highest BCUT2D eigenvalue weighted by molar-refractivity contribution is 5.16. The van der Waals surface area contributed by atoms with E-state index < -0.39 is 5.72 Å². The molecule has 1 fully saturated rings. The lowest BCUT2D eigenvalue weighted by Crippen LogP contribution is -2.49. The third-order valence-electron chi connectivity index (χ3n) is 3.04. The highest BCUT2D eigenvalue weighted by atomic mass is 19.1. The predicted molar refractivity (Wildman–Crippen MR) is 60.0 cm³/mol. The second kappa shape index (κ2) is 4.49. The van der Waals surface area contributed by atoms with Gasteiger partial charge in [0.2, 0.25) is 0 Å². The zero-order valence-electron chi connectivity index (χ0n) is 9.19. The van der Waals surface area contributed by atoms with Crippen molar-refractivity contribution in [3.8, 4) is 0 Å². The molecule has 1 aliphatic heterocycles. The van der Waals surface area contributed by atoms with Crippen LogP contribution < -0.4 is 5.73 Å². The van der Waals surface area contributed by atoms with Crippen molar-refractivity contribution in [1.29, 1.82) is 0 Å². The van der Waals surface area contributed by atoms with Crippen molar-refractivity contribution in [2.45, 2.75) is 25.1 Å². The van der Waals surface area contributed by atoms with Crippen LogP contribution in [0.3, 0.4) is 0 Å². The van der Waals surface area contributed by atoms with E-state index >= 15 is 0 Å². The van der Waals surface area contributed by atoms with E-state index in [1.165, 1.54) is 12.1 Å². The SMILES string of the molecule is NC1(O)CCN(Cc2ccc(F)cc2)CC1. The van der Waals surface area contributed by atoms with Gasteiger partial charge in [-0.15, -0.1) is 0 Å². The molecule has 0 atom stereocenters. The molecule has 1 aromatic rings. The Morgan fingerprint density at radius 3 is 2.38 bits per heavy atom. The van der Waals surface area contributed by atoms with Gasteiger partial charge >= 0.3 is 0 Å². The summed E-state index contributed by atoms with van der Waals surface area (Å²) >= 11 is 0. The first-order valence-corrected chi connectivity index (χ1v) is 5.53. The zero-order valence-corrected chi connectivity index (χ0v) is 9.19. The van der Waals surface area contributed by atoms with Gasteiger partial charge in [-0.25, -0.2) is 4.39 Å². The molecule has 0 saturated carbocycles. The molecule has 1 saturated heterocycles. The maximum Gasteiger partial charge on any atom is 0.123 e. The van der Waals surface area contributed by atoms with E-state index in [-0.39, 0.29) is 5.82 Å². The average molecular weight is 224 g/mol. The molecule has 4 heteroatoms. The first-order chi connectivity index (χ1) is 7.55. The van der Waals surface area contributed by atoms with Crippen LogP contribution in [0.4, 0.5) is 4.39 Å². The molecule has 16 heavy (non-hydrogen) atoms. The topological polar surface area (TPSA) is 49.5 Å². The van der Waals surface area contributed by atoms with Gasteiger partial charge in [-0.2, -0.15) is 0 Å². The van der Waals surface area contributed by atoms with E-state index in [4.69, 9.17) is 5.73 Å². The molecular weight excluding hydrogens is 207 g/mol. The molecule has 0 unspecified atom stereocenters. The van der Waals surface area contributed by atoms with Crippen LogP contribution in [0.25, 0.3) is 0 Å². The van der Waals surface area contributed by atoms with E-state index in [0.29, 0.717) is 12.8 Å². The van der Waals surface area contributed by atoms with Crippen molar-refractivity contribution >= 4 is 0 Å². The lowest BCUT2D eigenvalue weighted by atomic mass is 10.0. The molecule has 88 valence electrons. The second-order valence-electron chi connectivity index (χ2n) is 4.51. The first-order valence-electron chi connectivity index (χ1n) is 5.53. The van der Waals surface area contributed by atoms with Crippen LogP contribution in [0.1, 0.15) is 18.4 Å². The van der Waals surface area contributed by atoms with Crippen molar-refractivity contribution in [2.75, 3.05) is 13.1 Å². The quantitative estimate of drug-likeness (QED) is 0.739. The molecule has 0 bridgehead atoms. The van der Waals surface area contributed by atoms with Crippen LogP contribution in [0.5, 0.6) is 0 Å². The van der Waals surface area contributed by atoms with Gasteiger partial charge in [0, 0.05) is 32.5 Å². The van der Waals surface area contributed by atoms with Gasteiger partial charge in [0.1, 0.15) is 11.5 Å². The molecule has 2 rings (SSSR count). The first kappa shape index (κ1) is 11.5. The van der Waals surface area contributed by atoms with Gasteiger partial charge in [-0.05, 0) is 17.7 Å². The molecule has 1 aliphatic rings. The highest BCUT2D eigenvalue weighted by Gasteiger charge is 2.27. The highest BCUT2D eigenvalue weighted by Crippen LogP contribution is 2.18. The van der Waals surface area contributed by atoms with Crippen LogP contribution >= 0.6 is 0 Å². The number of nitrogens with zero attached hydrogens (tertiary/aromatic N) is 1. The molecule has 1 heterocycles.